The van der Waals surface area contributed by atoms with Crippen molar-refractivity contribution in [3.05, 3.63) is 34.6 Å². The largest absolute Gasteiger partial charge is 0.400 e. The summed E-state index contributed by atoms with van der Waals surface area (Å²) < 4.78 is 52.2. The van der Waals surface area contributed by atoms with Crippen LogP contribution in [0.5, 0.6) is 0 Å². The van der Waals surface area contributed by atoms with Gasteiger partial charge in [0.15, 0.2) is 0 Å². The van der Waals surface area contributed by atoms with Crippen LogP contribution in [0.25, 0.3) is 0 Å². The van der Waals surface area contributed by atoms with E-state index in [4.69, 9.17) is 11.6 Å². The van der Waals surface area contributed by atoms with Crippen molar-refractivity contribution in [2.45, 2.75) is 30.5 Å². The normalized spacial score (nSPS) is 28.9. The predicted octanol–water partition coefficient (Wildman–Crippen LogP) is 3.43. The van der Waals surface area contributed by atoms with Crippen molar-refractivity contribution in [1.29, 1.82) is 0 Å². The summed E-state index contributed by atoms with van der Waals surface area (Å²) in [6.07, 6.45) is -6.46. The Balaban J connectivity index is 2.59. The van der Waals surface area contributed by atoms with Crippen LogP contribution in [-0.4, -0.2) is 17.4 Å². The van der Waals surface area contributed by atoms with E-state index in [1.54, 1.807) is 0 Å². The monoisotopic (exact) mass is 268 g/mol. The van der Waals surface area contributed by atoms with Gasteiger partial charge in [-0.3, -0.25) is 0 Å². The molecule has 94 valence electrons. The van der Waals surface area contributed by atoms with E-state index in [1.807, 2.05) is 0 Å². The summed E-state index contributed by atoms with van der Waals surface area (Å²) >= 11 is 5.69. The van der Waals surface area contributed by atoms with Crippen molar-refractivity contribution in [3.8, 4) is 0 Å². The van der Waals surface area contributed by atoms with E-state index in [1.165, 1.54) is 0 Å². The SMILES string of the molecule is OC1CCC1(c1cc(F)ccc1Cl)C(F)(F)F. The lowest BCUT2D eigenvalue weighted by molar-refractivity contribution is -0.248. The summed E-state index contributed by atoms with van der Waals surface area (Å²) in [4.78, 5) is 0. The molecule has 0 spiro atoms. The van der Waals surface area contributed by atoms with Crippen LogP contribution in [0.4, 0.5) is 17.6 Å². The van der Waals surface area contributed by atoms with Crippen molar-refractivity contribution < 1.29 is 22.7 Å². The molecule has 1 aromatic rings. The molecular weight excluding hydrogens is 260 g/mol. The molecule has 0 bridgehead atoms. The van der Waals surface area contributed by atoms with Crippen LogP contribution in [0.2, 0.25) is 5.02 Å². The van der Waals surface area contributed by atoms with E-state index in [0.717, 1.165) is 18.2 Å². The Morgan fingerprint density at radius 1 is 1.35 bits per heavy atom. The first-order chi connectivity index (χ1) is 7.79. The fourth-order valence-electron chi connectivity index (χ4n) is 2.20. The minimum absolute atomic E-state index is 0.0341. The van der Waals surface area contributed by atoms with E-state index in [2.05, 4.69) is 0 Å². The lowest BCUT2D eigenvalue weighted by atomic mass is 9.61. The molecule has 2 unspecified atom stereocenters. The van der Waals surface area contributed by atoms with Gasteiger partial charge in [-0.15, -0.1) is 0 Å². The first kappa shape index (κ1) is 12.6. The molecule has 0 saturated heterocycles. The van der Waals surface area contributed by atoms with Crippen molar-refractivity contribution in [2.75, 3.05) is 0 Å². The third-order valence-corrected chi connectivity index (χ3v) is 3.63. The molecule has 6 heteroatoms. The first-order valence-corrected chi connectivity index (χ1v) is 5.37. The second kappa shape index (κ2) is 3.85. The molecule has 0 aromatic heterocycles. The zero-order chi connectivity index (χ0) is 12.8. The number of halogens is 5. The number of benzene rings is 1. The van der Waals surface area contributed by atoms with E-state index in [-0.39, 0.29) is 23.4 Å². The Morgan fingerprint density at radius 3 is 2.41 bits per heavy atom. The van der Waals surface area contributed by atoms with Gasteiger partial charge in [0.25, 0.3) is 0 Å². The van der Waals surface area contributed by atoms with Gasteiger partial charge in [0.05, 0.1) is 6.10 Å². The summed E-state index contributed by atoms with van der Waals surface area (Å²) in [5.41, 5.74) is -2.81. The Morgan fingerprint density at radius 2 is 2.00 bits per heavy atom. The fourth-order valence-corrected chi connectivity index (χ4v) is 2.49. The average molecular weight is 269 g/mol. The molecule has 1 aliphatic rings. The van der Waals surface area contributed by atoms with Crippen LogP contribution < -0.4 is 0 Å². The molecule has 2 atom stereocenters. The number of hydrogen-bond acceptors (Lipinski definition) is 1. The maximum Gasteiger partial charge on any atom is 0.400 e. The maximum absolute atomic E-state index is 13.1. The summed E-state index contributed by atoms with van der Waals surface area (Å²) in [5.74, 6) is -0.799. The van der Waals surface area contributed by atoms with Crippen LogP contribution >= 0.6 is 11.6 Å². The smallest absolute Gasteiger partial charge is 0.392 e. The third kappa shape index (κ3) is 1.72. The minimum atomic E-state index is -4.65. The molecular formula is C11H9ClF4O. The summed E-state index contributed by atoms with van der Waals surface area (Å²) in [6, 6.07) is 2.81. The number of aliphatic hydroxyl groups is 1. The summed E-state index contributed by atoms with van der Waals surface area (Å²) in [7, 11) is 0. The van der Waals surface area contributed by atoms with E-state index < -0.39 is 23.5 Å². The highest BCUT2D eigenvalue weighted by Gasteiger charge is 2.65. The van der Waals surface area contributed by atoms with Crippen LogP contribution in [0.3, 0.4) is 0 Å². The molecule has 17 heavy (non-hydrogen) atoms. The molecule has 0 aliphatic heterocycles. The second-order valence-electron chi connectivity index (χ2n) is 4.15. The van der Waals surface area contributed by atoms with Gasteiger partial charge in [-0.1, -0.05) is 11.6 Å². The van der Waals surface area contributed by atoms with Gasteiger partial charge in [0, 0.05) is 5.02 Å². The predicted molar refractivity (Wildman–Crippen MR) is 54.4 cm³/mol. The molecule has 2 rings (SSSR count). The zero-order valence-electron chi connectivity index (χ0n) is 8.56. The topological polar surface area (TPSA) is 20.2 Å². The Kier molecular flexibility index (Phi) is 2.86. The molecule has 1 aromatic carbocycles. The molecule has 0 heterocycles. The van der Waals surface area contributed by atoms with E-state index >= 15 is 0 Å². The average Bonchev–Trinajstić information content (AvgIpc) is 2.19. The van der Waals surface area contributed by atoms with Crippen LogP contribution in [0, 0.1) is 5.82 Å². The van der Waals surface area contributed by atoms with Crippen LogP contribution in [0.15, 0.2) is 18.2 Å². The van der Waals surface area contributed by atoms with Gasteiger partial charge >= 0.3 is 6.18 Å². The van der Waals surface area contributed by atoms with Crippen molar-refractivity contribution in [3.63, 3.8) is 0 Å². The highest BCUT2D eigenvalue weighted by Crippen LogP contribution is 2.56. The van der Waals surface area contributed by atoms with Gasteiger partial charge in [0.2, 0.25) is 0 Å². The molecule has 1 N–H and O–H groups in total. The first-order valence-electron chi connectivity index (χ1n) is 4.99. The fraction of sp³-hybridized carbons (Fsp3) is 0.455. The Hall–Kier alpha value is -0.810. The number of rotatable bonds is 1. The lowest BCUT2D eigenvalue weighted by Gasteiger charge is -2.48. The van der Waals surface area contributed by atoms with Crippen molar-refractivity contribution >= 4 is 11.6 Å². The van der Waals surface area contributed by atoms with Crippen LogP contribution in [-0.2, 0) is 5.41 Å². The quantitative estimate of drug-likeness (QED) is 0.774. The summed E-state index contributed by atoms with van der Waals surface area (Å²) in [6.45, 7) is 0. The third-order valence-electron chi connectivity index (χ3n) is 3.30. The molecule has 0 amide bonds. The molecule has 1 saturated carbocycles. The highest BCUT2D eigenvalue weighted by molar-refractivity contribution is 6.31. The summed E-state index contributed by atoms with van der Waals surface area (Å²) in [5, 5.41) is 9.28. The van der Waals surface area contributed by atoms with Gasteiger partial charge in [-0.25, -0.2) is 4.39 Å². The number of hydrogen-bond donors (Lipinski definition) is 1. The maximum atomic E-state index is 13.1. The Bertz CT molecular complexity index is 446. The zero-order valence-corrected chi connectivity index (χ0v) is 9.32. The van der Waals surface area contributed by atoms with E-state index in [9.17, 15) is 22.7 Å². The highest BCUT2D eigenvalue weighted by atomic mass is 35.5. The number of alkyl halides is 3. The van der Waals surface area contributed by atoms with E-state index in [0.29, 0.717) is 0 Å². The van der Waals surface area contributed by atoms with Crippen LogP contribution in [0.1, 0.15) is 18.4 Å². The van der Waals surface area contributed by atoms with Gasteiger partial charge in [-0.2, -0.15) is 13.2 Å². The number of aliphatic hydroxyl groups excluding tert-OH is 1. The molecule has 0 radical (unpaired) electrons. The molecule has 1 aliphatic carbocycles. The minimum Gasteiger partial charge on any atom is -0.392 e. The second-order valence-corrected chi connectivity index (χ2v) is 4.55. The molecule has 1 nitrogen and oxygen atoms in total. The van der Waals surface area contributed by atoms with Gasteiger partial charge in [-0.05, 0) is 36.6 Å². The lowest BCUT2D eigenvalue weighted by Crippen LogP contribution is -2.58. The van der Waals surface area contributed by atoms with Gasteiger partial charge < -0.3 is 5.11 Å². The van der Waals surface area contributed by atoms with Crippen molar-refractivity contribution in [1.82, 2.24) is 0 Å². The standard InChI is InChI=1S/C11H9ClF4O/c12-8-2-1-6(13)5-7(8)10(11(14,15)16)4-3-9(10)17/h1-2,5,9,17H,3-4H2. The van der Waals surface area contributed by atoms with Gasteiger partial charge in [0.1, 0.15) is 11.2 Å². The Labute approximate surface area is 100 Å². The van der Waals surface area contributed by atoms with Crippen molar-refractivity contribution in [2.24, 2.45) is 0 Å². The molecule has 1 fully saturated rings.